The Morgan fingerprint density at radius 2 is 1.75 bits per heavy atom. The molecule has 0 aliphatic heterocycles. The summed E-state index contributed by atoms with van der Waals surface area (Å²) in [7, 11) is 6.33. The van der Waals surface area contributed by atoms with Crippen LogP contribution in [0.1, 0.15) is 27.2 Å². The second kappa shape index (κ2) is 8.97. The van der Waals surface area contributed by atoms with E-state index in [0.717, 1.165) is 13.1 Å². The summed E-state index contributed by atoms with van der Waals surface area (Å²) in [5.74, 6) is 0.715. The third-order valence-corrected chi connectivity index (χ3v) is 3.11. The van der Waals surface area contributed by atoms with Gasteiger partial charge in [0.15, 0.2) is 0 Å². The SMILES string of the molecule is CCN(CCCN(C)C)C(CNC)C(C)C. The molecule has 0 fully saturated rings. The van der Waals surface area contributed by atoms with E-state index in [9.17, 15) is 0 Å². The number of nitrogens with zero attached hydrogens (tertiary/aromatic N) is 2. The molecule has 3 heteroatoms. The minimum absolute atomic E-state index is 0.664. The number of hydrogen-bond acceptors (Lipinski definition) is 3. The molecule has 98 valence electrons. The van der Waals surface area contributed by atoms with Crippen LogP contribution in [0.25, 0.3) is 0 Å². The number of likely N-dealkylation sites (N-methyl/N-ethyl adjacent to an activating group) is 2. The lowest BCUT2D eigenvalue weighted by atomic mass is 10.0. The zero-order valence-electron chi connectivity index (χ0n) is 12.1. The third-order valence-electron chi connectivity index (χ3n) is 3.11. The van der Waals surface area contributed by atoms with E-state index < -0.39 is 0 Å². The second-order valence-corrected chi connectivity index (χ2v) is 5.15. The van der Waals surface area contributed by atoms with E-state index >= 15 is 0 Å². The summed E-state index contributed by atoms with van der Waals surface area (Å²) in [5.41, 5.74) is 0. The van der Waals surface area contributed by atoms with Gasteiger partial charge in [0.1, 0.15) is 0 Å². The Hall–Kier alpha value is -0.120. The Bertz CT molecular complexity index is 157. The van der Waals surface area contributed by atoms with E-state index in [2.05, 4.69) is 50.0 Å². The summed E-state index contributed by atoms with van der Waals surface area (Å²) < 4.78 is 0. The lowest BCUT2D eigenvalue weighted by Gasteiger charge is -2.33. The van der Waals surface area contributed by atoms with E-state index in [0.29, 0.717) is 12.0 Å². The standard InChI is InChI=1S/C13H31N3/c1-7-16(10-8-9-15(5)6)13(11-14-4)12(2)3/h12-14H,7-11H2,1-6H3. The van der Waals surface area contributed by atoms with Gasteiger partial charge < -0.3 is 10.2 Å². The van der Waals surface area contributed by atoms with Crippen molar-refractivity contribution in [2.45, 2.75) is 33.2 Å². The summed E-state index contributed by atoms with van der Waals surface area (Å²) in [6.07, 6.45) is 1.26. The van der Waals surface area contributed by atoms with E-state index in [1.807, 2.05) is 7.05 Å². The molecule has 0 aliphatic rings. The second-order valence-electron chi connectivity index (χ2n) is 5.15. The van der Waals surface area contributed by atoms with Crippen molar-refractivity contribution in [1.82, 2.24) is 15.1 Å². The number of hydrogen-bond donors (Lipinski definition) is 1. The van der Waals surface area contributed by atoms with Crippen LogP contribution in [0, 0.1) is 5.92 Å². The summed E-state index contributed by atoms with van der Waals surface area (Å²) in [5, 5.41) is 3.31. The van der Waals surface area contributed by atoms with Crippen molar-refractivity contribution >= 4 is 0 Å². The van der Waals surface area contributed by atoms with Crippen molar-refractivity contribution in [1.29, 1.82) is 0 Å². The Balaban J connectivity index is 4.09. The highest BCUT2D eigenvalue weighted by molar-refractivity contribution is 4.76. The largest absolute Gasteiger partial charge is 0.318 e. The molecule has 0 aliphatic carbocycles. The molecule has 0 heterocycles. The molecule has 0 aromatic heterocycles. The Morgan fingerprint density at radius 1 is 1.12 bits per heavy atom. The maximum absolute atomic E-state index is 3.31. The maximum atomic E-state index is 3.31. The molecule has 1 atom stereocenters. The van der Waals surface area contributed by atoms with Crippen molar-refractivity contribution in [2.24, 2.45) is 5.92 Å². The highest BCUT2D eigenvalue weighted by Crippen LogP contribution is 2.10. The fourth-order valence-electron chi connectivity index (χ4n) is 2.14. The smallest absolute Gasteiger partial charge is 0.0243 e. The zero-order valence-corrected chi connectivity index (χ0v) is 12.1. The molecule has 0 saturated heterocycles. The van der Waals surface area contributed by atoms with Crippen LogP contribution in [-0.4, -0.2) is 63.2 Å². The fourth-order valence-corrected chi connectivity index (χ4v) is 2.14. The van der Waals surface area contributed by atoms with Crippen LogP contribution in [0.3, 0.4) is 0 Å². The molecule has 3 nitrogen and oxygen atoms in total. The summed E-state index contributed by atoms with van der Waals surface area (Å²) >= 11 is 0. The van der Waals surface area contributed by atoms with Crippen molar-refractivity contribution in [3.63, 3.8) is 0 Å². The average molecular weight is 229 g/mol. The van der Waals surface area contributed by atoms with Gasteiger partial charge in [-0.25, -0.2) is 0 Å². The van der Waals surface area contributed by atoms with Gasteiger partial charge >= 0.3 is 0 Å². The molecular weight excluding hydrogens is 198 g/mol. The highest BCUT2D eigenvalue weighted by atomic mass is 15.2. The van der Waals surface area contributed by atoms with Crippen LogP contribution in [0.2, 0.25) is 0 Å². The predicted molar refractivity (Wildman–Crippen MR) is 73.0 cm³/mol. The van der Waals surface area contributed by atoms with Crippen LogP contribution >= 0.6 is 0 Å². The minimum Gasteiger partial charge on any atom is -0.318 e. The van der Waals surface area contributed by atoms with Gasteiger partial charge in [0.2, 0.25) is 0 Å². The molecule has 1 unspecified atom stereocenters. The third kappa shape index (κ3) is 6.46. The van der Waals surface area contributed by atoms with Crippen LogP contribution in [-0.2, 0) is 0 Å². The minimum atomic E-state index is 0.664. The van der Waals surface area contributed by atoms with Crippen molar-refractivity contribution < 1.29 is 0 Å². The summed E-state index contributed by atoms with van der Waals surface area (Å²) in [4.78, 5) is 4.86. The topological polar surface area (TPSA) is 18.5 Å². The van der Waals surface area contributed by atoms with Crippen LogP contribution in [0.5, 0.6) is 0 Å². The van der Waals surface area contributed by atoms with Gasteiger partial charge in [-0.05, 0) is 53.1 Å². The number of rotatable bonds is 9. The lowest BCUT2D eigenvalue weighted by Crippen LogP contribution is -2.45. The molecule has 0 aromatic carbocycles. The van der Waals surface area contributed by atoms with E-state index in [4.69, 9.17) is 0 Å². The van der Waals surface area contributed by atoms with Gasteiger partial charge in [-0.1, -0.05) is 20.8 Å². The molecule has 1 N–H and O–H groups in total. The lowest BCUT2D eigenvalue weighted by molar-refractivity contribution is 0.154. The van der Waals surface area contributed by atoms with Crippen LogP contribution < -0.4 is 5.32 Å². The quantitative estimate of drug-likeness (QED) is 0.646. The summed E-state index contributed by atoms with van der Waals surface area (Å²) in [6.45, 7) is 11.5. The van der Waals surface area contributed by atoms with Gasteiger partial charge in [0.25, 0.3) is 0 Å². The molecule has 16 heavy (non-hydrogen) atoms. The molecule has 0 bridgehead atoms. The average Bonchev–Trinajstić information content (AvgIpc) is 2.21. The Kier molecular flexibility index (Phi) is 8.90. The molecule has 0 amide bonds. The van der Waals surface area contributed by atoms with Crippen molar-refractivity contribution in [2.75, 3.05) is 47.3 Å². The van der Waals surface area contributed by atoms with E-state index in [1.165, 1.54) is 19.5 Å². The Labute approximate surface area is 102 Å². The molecule has 0 radical (unpaired) electrons. The highest BCUT2D eigenvalue weighted by Gasteiger charge is 2.19. The van der Waals surface area contributed by atoms with Gasteiger partial charge in [0, 0.05) is 12.6 Å². The predicted octanol–water partition coefficient (Wildman–Crippen LogP) is 1.50. The maximum Gasteiger partial charge on any atom is 0.0243 e. The molecule has 0 aromatic rings. The molecular formula is C13H31N3. The van der Waals surface area contributed by atoms with E-state index in [1.54, 1.807) is 0 Å². The van der Waals surface area contributed by atoms with Crippen molar-refractivity contribution in [3.05, 3.63) is 0 Å². The van der Waals surface area contributed by atoms with E-state index in [-0.39, 0.29) is 0 Å². The molecule has 0 saturated carbocycles. The zero-order chi connectivity index (χ0) is 12.6. The number of nitrogens with one attached hydrogen (secondary N) is 1. The van der Waals surface area contributed by atoms with Gasteiger partial charge in [0.05, 0.1) is 0 Å². The summed E-state index contributed by atoms with van der Waals surface area (Å²) in [6, 6.07) is 0.664. The monoisotopic (exact) mass is 229 g/mol. The first-order chi connectivity index (χ1) is 7.52. The van der Waals surface area contributed by atoms with Crippen LogP contribution in [0.4, 0.5) is 0 Å². The van der Waals surface area contributed by atoms with Gasteiger partial charge in [-0.2, -0.15) is 0 Å². The van der Waals surface area contributed by atoms with Gasteiger partial charge in [-0.15, -0.1) is 0 Å². The molecule has 0 rings (SSSR count). The fraction of sp³-hybridized carbons (Fsp3) is 1.00. The van der Waals surface area contributed by atoms with Crippen molar-refractivity contribution in [3.8, 4) is 0 Å². The molecule has 0 spiro atoms. The first-order valence-electron chi connectivity index (χ1n) is 6.56. The normalized spacial score (nSPS) is 14.1. The van der Waals surface area contributed by atoms with Gasteiger partial charge in [-0.3, -0.25) is 4.90 Å². The Morgan fingerprint density at radius 3 is 2.12 bits per heavy atom. The van der Waals surface area contributed by atoms with Crippen LogP contribution in [0.15, 0.2) is 0 Å². The first kappa shape index (κ1) is 15.9. The first-order valence-corrected chi connectivity index (χ1v) is 6.56.